The number of ether oxygens (including phenoxy) is 2. The Labute approximate surface area is 126 Å². The molecule has 1 aromatic carbocycles. The zero-order valence-electron chi connectivity index (χ0n) is 12.0. The Morgan fingerprint density at radius 3 is 2.77 bits per heavy atom. The summed E-state index contributed by atoms with van der Waals surface area (Å²) in [5, 5.41) is 2.29. The maximum absolute atomic E-state index is 12.7. The largest absolute Gasteiger partial charge is 0.453 e. The van der Waals surface area contributed by atoms with Crippen molar-refractivity contribution < 1.29 is 23.9 Å². The van der Waals surface area contributed by atoms with E-state index in [1.54, 1.807) is 0 Å². The minimum atomic E-state index is -0.615. The van der Waals surface area contributed by atoms with Gasteiger partial charge < -0.3 is 14.4 Å². The highest BCUT2D eigenvalue weighted by atomic mass is 16.7. The van der Waals surface area contributed by atoms with Crippen molar-refractivity contribution in [2.45, 2.75) is 32.4 Å². The Hall–Kier alpha value is -2.57. The van der Waals surface area contributed by atoms with Crippen LogP contribution in [0.25, 0.3) is 0 Å². The van der Waals surface area contributed by atoms with E-state index in [4.69, 9.17) is 9.47 Å². The van der Waals surface area contributed by atoms with Gasteiger partial charge in [0.25, 0.3) is 5.91 Å². The van der Waals surface area contributed by atoms with Crippen molar-refractivity contribution in [2.75, 3.05) is 6.79 Å². The lowest BCUT2D eigenvalue weighted by Crippen LogP contribution is -2.52. The van der Waals surface area contributed by atoms with Gasteiger partial charge in [0.2, 0.25) is 18.6 Å². The first kappa shape index (κ1) is 13.1. The van der Waals surface area contributed by atoms with Crippen molar-refractivity contribution in [1.82, 2.24) is 10.2 Å². The predicted octanol–water partition coefficient (Wildman–Crippen LogP) is 0.485. The first-order valence-corrected chi connectivity index (χ1v) is 7.13. The molecule has 3 heterocycles. The molecule has 114 valence electrons. The number of rotatable bonds is 1. The number of piperidine rings is 1. The molecular formula is C15H14N2O5. The minimum absolute atomic E-state index is 0.0956. The second-order valence-corrected chi connectivity index (χ2v) is 5.69. The summed E-state index contributed by atoms with van der Waals surface area (Å²) < 4.78 is 10.8. The Morgan fingerprint density at radius 2 is 2.00 bits per heavy atom. The van der Waals surface area contributed by atoms with Crippen LogP contribution >= 0.6 is 0 Å². The lowest BCUT2D eigenvalue weighted by Gasteiger charge is -2.29. The molecule has 3 aliphatic rings. The second-order valence-electron chi connectivity index (χ2n) is 5.69. The highest BCUT2D eigenvalue weighted by Crippen LogP contribution is 2.44. The van der Waals surface area contributed by atoms with Gasteiger partial charge >= 0.3 is 0 Å². The van der Waals surface area contributed by atoms with Crippen molar-refractivity contribution in [3.05, 3.63) is 22.8 Å². The molecular weight excluding hydrogens is 288 g/mol. The average Bonchev–Trinajstić information content (AvgIpc) is 3.05. The third kappa shape index (κ3) is 1.71. The SMILES string of the molecule is Cc1cc2c(c3c1OCO3)C(=O)N(C1CCC(=O)NC1=O)C2. The van der Waals surface area contributed by atoms with Crippen LogP contribution in [0.3, 0.4) is 0 Å². The molecule has 7 nitrogen and oxygen atoms in total. The fourth-order valence-electron chi connectivity index (χ4n) is 3.29. The number of hydrogen-bond acceptors (Lipinski definition) is 5. The van der Waals surface area contributed by atoms with Gasteiger partial charge in [-0.25, -0.2) is 0 Å². The van der Waals surface area contributed by atoms with Gasteiger partial charge in [-0.2, -0.15) is 0 Å². The number of carbonyl (C=O) groups is 3. The van der Waals surface area contributed by atoms with Crippen LogP contribution in [0, 0.1) is 6.92 Å². The third-order valence-corrected chi connectivity index (χ3v) is 4.31. The molecule has 22 heavy (non-hydrogen) atoms. The minimum Gasteiger partial charge on any atom is -0.453 e. The number of fused-ring (bicyclic) bond motifs is 3. The molecule has 0 bridgehead atoms. The van der Waals surface area contributed by atoms with E-state index >= 15 is 0 Å². The van der Waals surface area contributed by atoms with Crippen LogP contribution in [0.4, 0.5) is 0 Å². The van der Waals surface area contributed by atoms with Crippen molar-refractivity contribution in [3.8, 4) is 11.5 Å². The van der Waals surface area contributed by atoms with Crippen LogP contribution in [-0.4, -0.2) is 35.5 Å². The van der Waals surface area contributed by atoms with Crippen LogP contribution in [-0.2, 0) is 16.1 Å². The van der Waals surface area contributed by atoms with E-state index in [0.29, 0.717) is 30.0 Å². The van der Waals surface area contributed by atoms with Crippen LogP contribution in [0.2, 0.25) is 0 Å². The Morgan fingerprint density at radius 1 is 1.23 bits per heavy atom. The fourth-order valence-corrected chi connectivity index (χ4v) is 3.29. The van der Waals surface area contributed by atoms with E-state index in [2.05, 4.69) is 5.32 Å². The Kier molecular flexibility index (Phi) is 2.66. The number of hydrogen-bond donors (Lipinski definition) is 1. The first-order chi connectivity index (χ1) is 10.6. The normalized spacial score (nSPS) is 22.9. The smallest absolute Gasteiger partial charge is 0.259 e. The van der Waals surface area contributed by atoms with E-state index in [1.807, 2.05) is 13.0 Å². The molecule has 0 spiro atoms. The van der Waals surface area contributed by atoms with Crippen molar-refractivity contribution >= 4 is 17.7 Å². The zero-order chi connectivity index (χ0) is 15.4. The van der Waals surface area contributed by atoms with Crippen molar-refractivity contribution in [1.29, 1.82) is 0 Å². The van der Waals surface area contributed by atoms with Gasteiger partial charge in [0.15, 0.2) is 11.5 Å². The molecule has 7 heteroatoms. The number of carbonyl (C=O) groups excluding carboxylic acids is 3. The highest BCUT2D eigenvalue weighted by Gasteiger charge is 2.42. The summed E-state index contributed by atoms with van der Waals surface area (Å²) in [4.78, 5) is 37.5. The van der Waals surface area contributed by atoms with Crippen LogP contribution in [0.15, 0.2) is 6.07 Å². The Bertz CT molecular complexity index is 727. The van der Waals surface area contributed by atoms with E-state index in [9.17, 15) is 14.4 Å². The molecule has 1 unspecified atom stereocenters. The maximum atomic E-state index is 12.7. The molecule has 4 rings (SSSR count). The summed E-state index contributed by atoms with van der Waals surface area (Å²) >= 11 is 0. The van der Waals surface area contributed by atoms with Crippen LogP contribution in [0.5, 0.6) is 11.5 Å². The summed E-state index contributed by atoms with van der Waals surface area (Å²) in [6, 6.07) is 1.28. The predicted molar refractivity (Wildman–Crippen MR) is 73.3 cm³/mol. The number of aryl methyl sites for hydroxylation is 1. The van der Waals surface area contributed by atoms with E-state index in [1.165, 1.54) is 4.90 Å². The molecule has 0 saturated carbocycles. The number of nitrogens with zero attached hydrogens (tertiary/aromatic N) is 1. The van der Waals surface area contributed by atoms with Gasteiger partial charge in [0.05, 0.1) is 5.56 Å². The number of imide groups is 1. The molecule has 3 aliphatic heterocycles. The van der Waals surface area contributed by atoms with E-state index < -0.39 is 11.9 Å². The number of benzene rings is 1. The monoisotopic (exact) mass is 302 g/mol. The van der Waals surface area contributed by atoms with Crippen LogP contribution < -0.4 is 14.8 Å². The quantitative estimate of drug-likeness (QED) is 0.763. The summed E-state index contributed by atoms with van der Waals surface area (Å²) in [6.45, 7) is 2.34. The maximum Gasteiger partial charge on any atom is 0.259 e. The molecule has 3 amide bonds. The number of amides is 3. The summed E-state index contributed by atoms with van der Waals surface area (Å²) in [6.07, 6.45) is 0.593. The summed E-state index contributed by atoms with van der Waals surface area (Å²) in [7, 11) is 0. The van der Waals surface area contributed by atoms with Crippen molar-refractivity contribution in [2.24, 2.45) is 0 Å². The summed E-state index contributed by atoms with van der Waals surface area (Å²) in [5.74, 6) is 0.111. The zero-order valence-corrected chi connectivity index (χ0v) is 12.0. The van der Waals surface area contributed by atoms with Gasteiger partial charge in [-0.05, 0) is 30.5 Å². The average molecular weight is 302 g/mol. The van der Waals surface area contributed by atoms with Gasteiger partial charge in [-0.3, -0.25) is 19.7 Å². The fraction of sp³-hybridized carbons (Fsp3) is 0.400. The van der Waals surface area contributed by atoms with E-state index in [-0.39, 0.29) is 25.0 Å². The topological polar surface area (TPSA) is 84.9 Å². The molecule has 1 N–H and O–H groups in total. The van der Waals surface area contributed by atoms with Gasteiger partial charge in [0, 0.05) is 13.0 Å². The first-order valence-electron chi connectivity index (χ1n) is 7.13. The number of nitrogens with one attached hydrogen (secondary N) is 1. The van der Waals surface area contributed by atoms with Crippen molar-refractivity contribution in [3.63, 3.8) is 0 Å². The molecule has 1 saturated heterocycles. The highest BCUT2D eigenvalue weighted by molar-refractivity contribution is 6.07. The van der Waals surface area contributed by atoms with Gasteiger partial charge in [-0.15, -0.1) is 0 Å². The van der Waals surface area contributed by atoms with Gasteiger partial charge in [-0.1, -0.05) is 0 Å². The van der Waals surface area contributed by atoms with E-state index in [0.717, 1.165) is 11.1 Å². The Balaban J connectivity index is 1.71. The molecule has 1 fully saturated rings. The second kappa shape index (κ2) is 4.46. The molecule has 1 aromatic rings. The lowest BCUT2D eigenvalue weighted by atomic mass is 10.0. The molecule has 0 radical (unpaired) electrons. The summed E-state index contributed by atoms with van der Waals surface area (Å²) in [5.41, 5.74) is 2.21. The molecule has 0 aromatic heterocycles. The molecule has 0 aliphatic carbocycles. The standard InChI is InChI=1S/C15H14N2O5/c1-7-4-8-5-17(9-2-3-10(18)16-14(9)19)15(20)11(8)13-12(7)21-6-22-13/h4,9H,2-3,5-6H2,1H3,(H,16,18,19). The lowest BCUT2D eigenvalue weighted by molar-refractivity contribution is -0.136. The van der Waals surface area contributed by atoms with Gasteiger partial charge in [0.1, 0.15) is 6.04 Å². The molecule has 1 atom stereocenters. The third-order valence-electron chi connectivity index (χ3n) is 4.31. The van der Waals surface area contributed by atoms with Crippen LogP contribution in [0.1, 0.15) is 34.3 Å².